The van der Waals surface area contributed by atoms with E-state index in [0.29, 0.717) is 0 Å². The Bertz CT molecular complexity index is 200. The Morgan fingerprint density at radius 1 is 0.850 bits per heavy atom. The van der Waals surface area contributed by atoms with Gasteiger partial charge in [-0.1, -0.05) is 39.0 Å². The van der Waals surface area contributed by atoms with Crippen LogP contribution in [0.5, 0.6) is 0 Å². The predicted octanol–water partition coefficient (Wildman–Crippen LogP) is 3.69. The summed E-state index contributed by atoms with van der Waals surface area (Å²) in [6.45, 7) is 3.08. The van der Waals surface area contributed by atoms with Gasteiger partial charge in [0.05, 0.1) is 0 Å². The Hall–Kier alpha value is -0.160. The molecule has 0 aliphatic heterocycles. The lowest BCUT2D eigenvalue weighted by Crippen LogP contribution is -2.35. The molecule has 0 fully saturated rings. The number of rotatable bonds is 14. The number of ether oxygens (including phenoxy) is 3. The first-order valence-corrected chi connectivity index (χ1v) is 8.03. The molecule has 122 valence electrons. The van der Waals surface area contributed by atoms with Crippen molar-refractivity contribution in [1.82, 2.24) is 0 Å². The molecule has 20 heavy (non-hydrogen) atoms. The van der Waals surface area contributed by atoms with Gasteiger partial charge in [0.25, 0.3) is 5.97 Å². The van der Waals surface area contributed by atoms with E-state index >= 15 is 0 Å². The first kappa shape index (κ1) is 19.8. The minimum Gasteiger partial charge on any atom is -0.331 e. The van der Waals surface area contributed by atoms with Crippen LogP contribution in [0.2, 0.25) is 0 Å². The lowest BCUT2D eigenvalue weighted by Gasteiger charge is -2.28. The Morgan fingerprint density at radius 3 is 1.95 bits per heavy atom. The second-order valence-corrected chi connectivity index (χ2v) is 5.48. The number of unbranched alkanes of at least 4 members (excludes halogenated alkanes) is 2. The first-order chi connectivity index (χ1) is 9.67. The summed E-state index contributed by atoms with van der Waals surface area (Å²) in [6, 6.07) is 0. The summed E-state index contributed by atoms with van der Waals surface area (Å²) >= 11 is 0. The Morgan fingerprint density at radius 2 is 1.45 bits per heavy atom. The zero-order valence-corrected chi connectivity index (χ0v) is 14.0. The molecule has 0 aliphatic carbocycles. The van der Waals surface area contributed by atoms with Crippen LogP contribution in [0.25, 0.3) is 0 Å². The van der Waals surface area contributed by atoms with Gasteiger partial charge >= 0.3 is 0 Å². The van der Waals surface area contributed by atoms with E-state index < -0.39 is 5.97 Å². The molecule has 0 rings (SSSR count). The maximum Gasteiger partial charge on any atom is 0.282 e. The van der Waals surface area contributed by atoms with Crippen molar-refractivity contribution in [1.29, 1.82) is 0 Å². The quantitative estimate of drug-likeness (QED) is 0.391. The number of hydrogen-bond donors (Lipinski definition) is 1. The van der Waals surface area contributed by atoms with Crippen molar-refractivity contribution in [2.24, 2.45) is 11.7 Å². The van der Waals surface area contributed by atoms with Crippen LogP contribution in [0.3, 0.4) is 0 Å². The van der Waals surface area contributed by atoms with E-state index in [1.807, 2.05) is 0 Å². The van der Waals surface area contributed by atoms with Crippen molar-refractivity contribution in [3.63, 3.8) is 0 Å². The smallest absolute Gasteiger partial charge is 0.282 e. The molecule has 0 saturated heterocycles. The van der Waals surface area contributed by atoms with Gasteiger partial charge in [0.1, 0.15) is 0 Å². The van der Waals surface area contributed by atoms with E-state index in [4.69, 9.17) is 19.9 Å². The van der Waals surface area contributed by atoms with Crippen LogP contribution in [0.15, 0.2) is 0 Å². The molecule has 0 aromatic heterocycles. The van der Waals surface area contributed by atoms with E-state index in [2.05, 4.69) is 6.92 Å². The standard InChI is InChI=1S/C16H35NO3/c1-5-10-15(12-9-14-17)11-7-6-8-13-16(18-2,19-3)20-4/h15H,5-14,17H2,1-4H3. The summed E-state index contributed by atoms with van der Waals surface area (Å²) in [4.78, 5) is 0. The van der Waals surface area contributed by atoms with E-state index in [1.165, 1.54) is 38.5 Å². The molecule has 0 aromatic carbocycles. The summed E-state index contributed by atoms with van der Waals surface area (Å²) in [5, 5.41) is 0. The highest BCUT2D eigenvalue weighted by Gasteiger charge is 2.28. The van der Waals surface area contributed by atoms with Gasteiger partial charge in [-0.3, -0.25) is 0 Å². The van der Waals surface area contributed by atoms with Crippen LogP contribution >= 0.6 is 0 Å². The maximum atomic E-state index is 5.60. The van der Waals surface area contributed by atoms with Crippen LogP contribution in [0.4, 0.5) is 0 Å². The Labute approximate surface area is 125 Å². The highest BCUT2D eigenvalue weighted by molar-refractivity contribution is 4.62. The summed E-state index contributed by atoms with van der Waals surface area (Å²) < 4.78 is 15.9. The number of nitrogens with two attached hydrogens (primary N) is 1. The monoisotopic (exact) mass is 289 g/mol. The topological polar surface area (TPSA) is 53.7 Å². The van der Waals surface area contributed by atoms with Crippen molar-refractivity contribution in [2.75, 3.05) is 27.9 Å². The summed E-state index contributed by atoms with van der Waals surface area (Å²) in [7, 11) is 4.87. The average Bonchev–Trinajstić information content (AvgIpc) is 2.49. The van der Waals surface area contributed by atoms with Crippen molar-refractivity contribution in [3.8, 4) is 0 Å². The third-order valence-corrected chi connectivity index (χ3v) is 4.04. The SMILES string of the molecule is CCCC(CCCN)CCCCCC(OC)(OC)OC. The van der Waals surface area contributed by atoms with E-state index in [0.717, 1.165) is 31.7 Å². The third-order valence-electron chi connectivity index (χ3n) is 4.04. The maximum absolute atomic E-state index is 5.60. The van der Waals surface area contributed by atoms with Gasteiger partial charge in [0, 0.05) is 27.8 Å². The van der Waals surface area contributed by atoms with Gasteiger partial charge < -0.3 is 19.9 Å². The molecule has 0 aromatic rings. The highest BCUT2D eigenvalue weighted by Crippen LogP contribution is 2.24. The van der Waals surface area contributed by atoms with Crippen LogP contribution < -0.4 is 5.73 Å². The van der Waals surface area contributed by atoms with E-state index in [1.54, 1.807) is 21.3 Å². The molecule has 0 spiro atoms. The van der Waals surface area contributed by atoms with Crippen molar-refractivity contribution >= 4 is 0 Å². The second-order valence-electron chi connectivity index (χ2n) is 5.48. The Kier molecular flexibility index (Phi) is 12.5. The lowest BCUT2D eigenvalue weighted by molar-refractivity contribution is -0.355. The average molecular weight is 289 g/mol. The van der Waals surface area contributed by atoms with E-state index in [-0.39, 0.29) is 0 Å². The van der Waals surface area contributed by atoms with E-state index in [9.17, 15) is 0 Å². The zero-order chi connectivity index (χ0) is 15.3. The largest absolute Gasteiger partial charge is 0.331 e. The van der Waals surface area contributed by atoms with Crippen LogP contribution in [-0.2, 0) is 14.2 Å². The van der Waals surface area contributed by atoms with Crippen LogP contribution in [0, 0.1) is 5.92 Å². The molecule has 4 nitrogen and oxygen atoms in total. The van der Waals surface area contributed by atoms with Gasteiger partial charge in [-0.2, -0.15) is 0 Å². The highest BCUT2D eigenvalue weighted by atomic mass is 16.9. The minimum atomic E-state index is -0.859. The fourth-order valence-corrected chi connectivity index (χ4v) is 2.76. The molecule has 0 saturated carbocycles. The summed E-state index contributed by atoms with van der Waals surface area (Å²) in [6.07, 6.45) is 10.7. The van der Waals surface area contributed by atoms with Crippen molar-refractivity contribution < 1.29 is 14.2 Å². The molecular weight excluding hydrogens is 254 g/mol. The van der Waals surface area contributed by atoms with Gasteiger partial charge in [-0.05, 0) is 31.7 Å². The zero-order valence-electron chi connectivity index (χ0n) is 14.0. The number of hydrogen-bond acceptors (Lipinski definition) is 4. The van der Waals surface area contributed by atoms with Gasteiger partial charge in [-0.15, -0.1) is 0 Å². The molecule has 0 amide bonds. The fourth-order valence-electron chi connectivity index (χ4n) is 2.76. The normalized spacial score (nSPS) is 13.7. The molecular formula is C16H35NO3. The van der Waals surface area contributed by atoms with Crippen molar-refractivity contribution in [3.05, 3.63) is 0 Å². The number of methoxy groups -OCH3 is 3. The molecule has 1 unspecified atom stereocenters. The van der Waals surface area contributed by atoms with Gasteiger partial charge in [0.2, 0.25) is 0 Å². The predicted molar refractivity (Wildman–Crippen MR) is 83.5 cm³/mol. The fraction of sp³-hybridized carbons (Fsp3) is 1.00. The lowest BCUT2D eigenvalue weighted by atomic mass is 9.92. The summed E-state index contributed by atoms with van der Waals surface area (Å²) in [5.41, 5.74) is 5.60. The molecule has 0 heterocycles. The molecule has 4 heteroatoms. The third kappa shape index (κ3) is 8.20. The molecule has 2 N–H and O–H groups in total. The molecule has 0 bridgehead atoms. The van der Waals surface area contributed by atoms with Crippen LogP contribution in [0.1, 0.15) is 64.7 Å². The van der Waals surface area contributed by atoms with Crippen LogP contribution in [-0.4, -0.2) is 33.8 Å². The Balaban J connectivity index is 3.81. The first-order valence-electron chi connectivity index (χ1n) is 8.03. The second kappa shape index (κ2) is 12.6. The molecule has 1 atom stereocenters. The summed E-state index contributed by atoms with van der Waals surface area (Å²) in [5.74, 6) is -0.0110. The van der Waals surface area contributed by atoms with Gasteiger partial charge in [0.15, 0.2) is 0 Å². The minimum absolute atomic E-state index is 0.776. The van der Waals surface area contributed by atoms with Crippen molar-refractivity contribution in [2.45, 2.75) is 70.7 Å². The van der Waals surface area contributed by atoms with Gasteiger partial charge in [-0.25, -0.2) is 0 Å². The molecule has 0 aliphatic rings. The molecule has 0 radical (unpaired) electrons.